The number of nitrogens with one attached hydrogen (secondary N) is 2. The van der Waals surface area contributed by atoms with E-state index in [0.717, 1.165) is 16.8 Å². The smallest absolute Gasteiger partial charge is 0.258 e. The first kappa shape index (κ1) is 20.7. The second kappa shape index (κ2) is 7.91. The van der Waals surface area contributed by atoms with Gasteiger partial charge in [-0.25, -0.2) is 5.01 Å². The molecule has 7 nitrogen and oxygen atoms in total. The predicted molar refractivity (Wildman–Crippen MR) is 115 cm³/mol. The van der Waals surface area contributed by atoms with Crippen molar-refractivity contribution < 1.29 is 14.4 Å². The summed E-state index contributed by atoms with van der Waals surface area (Å²) in [5.41, 5.74) is 4.87. The number of amides is 2. The topological polar surface area (TPSA) is 83.0 Å². The Morgan fingerprint density at radius 2 is 1.90 bits per heavy atom. The Morgan fingerprint density at radius 1 is 1.23 bits per heavy atom. The zero-order chi connectivity index (χ0) is 21.5. The lowest BCUT2D eigenvalue weighted by Crippen LogP contribution is -2.41. The van der Waals surface area contributed by atoms with Crippen LogP contribution in [-0.2, 0) is 15.2 Å². The number of likely N-dealkylation sites (N-methyl/N-ethyl adjacent to an activating group) is 1. The van der Waals surface area contributed by atoms with Crippen LogP contribution in [0.15, 0.2) is 47.6 Å². The molecule has 0 bridgehead atoms. The molecule has 0 aromatic heterocycles. The first-order valence-electron chi connectivity index (χ1n) is 9.38. The van der Waals surface area contributed by atoms with Crippen LogP contribution in [0.1, 0.15) is 34.8 Å². The van der Waals surface area contributed by atoms with Crippen LogP contribution >= 0.6 is 23.2 Å². The molecule has 9 heteroatoms. The summed E-state index contributed by atoms with van der Waals surface area (Å²) in [5.74, 6) is -0.527. The molecule has 1 fully saturated rings. The molecule has 30 heavy (non-hydrogen) atoms. The maximum atomic E-state index is 12.4. The van der Waals surface area contributed by atoms with Crippen molar-refractivity contribution in [3.8, 4) is 0 Å². The van der Waals surface area contributed by atoms with Gasteiger partial charge in [0.05, 0.1) is 5.71 Å². The molecule has 156 valence electrons. The van der Waals surface area contributed by atoms with Gasteiger partial charge in [-0.1, -0.05) is 40.5 Å². The van der Waals surface area contributed by atoms with Crippen molar-refractivity contribution in [3.63, 3.8) is 0 Å². The third-order valence-electron chi connectivity index (χ3n) is 5.19. The highest BCUT2D eigenvalue weighted by atomic mass is 35.5. The Morgan fingerprint density at radius 3 is 2.50 bits per heavy atom. The van der Waals surface area contributed by atoms with Crippen molar-refractivity contribution in [1.29, 1.82) is 0 Å². The largest absolute Gasteiger partial charge is 0.384 e. The van der Waals surface area contributed by atoms with Crippen LogP contribution in [0.5, 0.6) is 0 Å². The van der Waals surface area contributed by atoms with Crippen LogP contribution in [0.2, 0.25) is 10.0 Å². The molecule has 2 amide bonds. The van der Waals surface area contributed by atoms with E-state index in [1.807, 2.05) is 31.2 Å². The van der Waals surface area contributed by atoms with Crippen molar-refractivity contribution in [2.75, 3.05) is 13.6 Å². The van der Waals surface area contributed by atoms with E-state index in [1.165, 1.54) is 0 Å². The highest BCUT2D eigenvalue weighted by Crippen LogP contribution is 2.38. The maximum absolute atomic E-state index is 12.4. The fourth-order valence-corrected chi connectivity index (χ4v) is 4.07. The first-order valence-corrected chi connectivity index (χ1v) is 10.1. The number of halogens is 2. The summed E-state index contributed by atoms with van der Waals surface area (Å²) in [6.45, 7) is 2.35. The molecule has 0 saturated carbocycles. The SMILES string of the molecule is CN1CC(NC(=O)c2ccc(C3=NOC(C)(c4cc(Cl)cc(Cl)c4)C3)cc2)C(=O)N1. The summed E-state index contributed by atoms with van der Waals surface area (Å²) in [6, 6.07) is 11.8. The third-order valence-corrected chi connectivity index (χ3v) is 5.63. The third kappa shape index (κ3) is 4.14. The fraction of sp³-hybridized carbons (Fsp3) is 0.286. The van der Waals surface area contributed by atoms with Crippen molar-refractivity contribution >= 4 is 40.7 Å². The van der Waals surface area contributed by atoms with Gasteiger partial charge in [0.2, 0.25) is 0 Å². The number of hydrogen-bond acceptors (Lipinski definition) is 5. The molecular formula is C21H20Cl2N4O3. The number of oxime groups is 1. The van der Waals surface area contributed by atoms with E-state index in [9.17, 15) is 9.59 Å². The summed E-state index contributed by atoms with van der Waals surface area (Å²) in [7, 11) is 1.74. The molecule has 2 unspecified atom stereocenters. The van der Waals surface area contributed by atoms with Gasteiger partial charge in [-0.2, -0.15) is 0 Å². The van der Waals surface area contributed by atoms with Crippen LogP contribution in [0, 0.1) is 0 Å². The molecule has 2 atom stereocenters. The lowest BCUT2D eigenvalue weighted by Gasteiger charge is -2.22. The first-order chi connectivity index (χ1) is 14.2. The summed E-state index contributed by atoms with van der Waals surface area (Å²) in [5, 5.41) is 9.69. The van der Waals surface area contributed by atoms with Crippen LogP contribution < -0.4 is 10.7 Å². The molecule has 4 rings (SSSR count). The minimum Gasteiger partial charge on any atom is -0.384 e. The lowest BCUT2D eigenvalue weighted by molar-refractivity contribution is -0.122. The summed E-state index contributed by atoms with van der Waals surface area (Å²) in [4.78, 5) is 30.0. The Bertz CT molecular complexity index is 1020. The second-order valence-electron chi connectivity index (χ2n) is 7.65. The lowest BCUT2D eigenvalue weighted by atomic mass is 9.89. The molecule has 1 saturated heterocycles. The highest BCUT2D eigenvalue weighted by Gasteiger charge is 2.37. The highest BCUT2D eigenvalue weighted by molar-refractivity contribution is 6.34. The number of carbonyl (C=O) groups excluding carboxylic acids is 2. The van der Waals surface area contributed by atoms with Gasteiger partial charge in [0.25, 0.3) is 11.8 Å². The molecule has 2 heterocycles. The number of hydrazine groups is 1. The van der Waals surface area contributed by atoms with Gasteiger partial charge in [-0.05, 0) is 42.8 Å². The van der Waals surface area contributed by atoms with Crippen LogP contribution in [0.3, 0.4) is 0 Å². The normalized spacial score (nSPS) is 23.7. The van der Waals surface area contributed by atoms with E-state index in [-0.39, 0.29) is 11.8 Å². The zero-order valence-electron chi connectivity index (χ0n) is 16.4. The van der Waals surface area contributed by atoms with E-state index in [4.69, 9.17) is 28.0 Å². The van der Waals surface area contributed by atoms with E-state index >= 15 is 0 Å². The second-order valence-corrected chi connectivity index (χ2v) is 8.53. The average molecular weight is 447 g/mol. The fourth-order valence-electron chi connectivity index (χ4n) is 3.54. The van der Waals surface area contributed by atoms with Gasteiger partial charge in [0.1, 0.15) is 6.04 Å². The average Bonchev–Trinajstić information content (AvgIpc) is 3.24. The number of hydrogen-bond donors (Lipinski definition) is 2. The van der Waals surface area contributed by atoms with E-state index in [1.54, 1.807) is 30.3 Å². The molecule has 2 aliphatic rings. The van der Waals surface area contributed by atoms with E-state index < -0.39 is 11.6 Å². The van der Waals surface area contributed by atoms with Crippen molar-refractivity contribution in [3.05, 3.63) is 69.2 Å². The monoisotopic (exact) mass is 446 g/mol. The number of benzene rings is 2. The maximum Gasteiger partial charge on any atom is 0.258 e. The van der Waals surface area contributed by atoms with Crippen molar-refractivity contribution in [2.24, 2.45) is 5.16 Å². The van der Waals surface area contributed by atoms with E-state index in [0.29, 0.717) is 28.6 Å². The molecule has 2 aliphatic heterocycles. The van der Waals surface area contributed by atoms with Crippen LogP contribution in [0.25, 0.3) is 0 Å². The molecular weight excluding hydrogens is 427 g/mol. The van der Waals surface area contributed by atoms with Gasteiger partial charge in [0, 0.05) is 41.2 Å². The van der Waals surface area contributed by atoms with E-state index in [2.05, 4.69) is 15.9 Å². The molecule has 2 aromatic carbocycles. The number of nitrogens with zero attached hydrogens (tertiary/aromatic N) is 2. The van der Waals surface area contributed by atoms with Gasteiger partial charge in [0.15, 0.2) is 5.60 Å². The zero-order valence-corrected chi connectivity index (χ0v) is 17.9. The summed E-state index contributed by atoms with van der Waals surface area (Å²) >= 11 is 12.3. The minimum atomic E-state index is -0.679. The molecule has 0 spiro atoms. The number of rotatable bonds is 4. The molecule has 2 N–H and O–H groups in total. The number of carbonyl (C=O) groups is 2. The van der Waals surface area contributed by atoms with Crippen molar-refractivity contribution in [1.82, 2.24) is 15.8 Å². The predicted octanol–water partition coefficient (Wildman–Crippen LogP) is 3.11. The van der Waals surface area contributed by atoms with Crippen LogP contribution in [-0.4, -0.2) is 42.2 Å². The molecule has 0 aliphatic carbocycles. The molecule has 2 aromatic rings. The Labute approximate surface area is 183 Å². The van der Waals surface area contributed by atoms with Crippen LogP contribution in [0.4, 0.5) is 0 Å². The molecule has 0 radical (unpaired) electrons. The van der Waals surface area contributed by atoms with Gasteiger partial charge < -0.3 is 10.2 Å². The van der Waals surface area contributed by atoms with Gasteiger partial charge in [-0.15, -0.1) is 0 Å². The Hall–Kier alpha value is -2.61. The summed E-state index contributed by atoms with van der Waals surface area (Å²) in [6.07, 6.45) is 0.532. The summed E-state index contributed by atoms with van der Waals surface area (Å²) < 4.78 is 0. The van der Waals surface area contributed by atoms with Gasteiger partial charge >= 0.3 is 0 Å². The Balaban J connectivity index is 1.44. The van der Waals surface area contributed by atoms with Gasteiger partial charge in [-0.3, -0.25) is 15.0 Å². The standard InChI is InChI=1S/C21H20Cl2N4O3/c1-21(14-7-15(22)9-16(23)8-14)10-17(26-30-21)12-3-5-13(6-4-12)19(28)24-18-11-27(2)25-20(18)29/h3-9,18H,10-11H2,1-2H3,(H,24,28)(H,25,29). The quantitative estimate of drug-likeness (QED) is 0.755. The Kier molecular flexibility index (Phi) is 5.44. The van der Waals surface area contributed by atoms with Crippen molar-refractivity contribution in [2.45, 2.75) is 25.0 Å². The minimum absolute atomic E-state index is 0.222.